The zero-order valence-electron chi connectivity index (χ0n) is 12.5. The summed E-state index contributed by atoms with van der Waals surface area (Å²) in [5.74, 6) is 0.228. The topological polar surface area (TPSA) is 55.8 Å². The lowest BCUT2D eigenvalue weighted by atomic mass is 10.2. The zero-order chi connectivity index (χ0) is 16.2. The molecule has 1 N–H and O–H groups in total. The molecule has 1 aliphatic carbocycles. The Hall–Kier alpha value is -2.20. The first-order valence-electron chi connectivity index (χ1n) is 7.50. The largest absolute Gasteiger partial charge is 0.492 e. The van der Waals surface area contributed by atoms with Crippen LogP contribution in [0.4, 0.5) is 0 Å². The third kappa shape index (κ3) is 4.17. The van der Waals surface area contributed by atoms with Crippen molar-refractivity contribution < 1.29 is 19.4 Å². The Morgan fingerprint density at radius 1 is 1.13 bits per heavy atom. The van der Waals surface area contributed by atoms with E-state index < -0.39 is 5.97 Å². The maximum absolute atomic E-state index is 11.4. The smallest absolute Gasteiger partial charge is 0.339 e. The highest BCUT2D eigenvalue weighted by atomic mass is 35.5. The molecule has 120 valence electrons. The molecular weight excluding hydrogens is 316 g/mol. The summed E-state index contributed by atoms with van der Waals surface area (Å²) < 4.78 is 11.4. The summed E-state index contributed by atoms with van der Waals surface area (Å²) in [7, 11) is 0. The van der Waals surface area contributed by atoms with Crippen molar-refractivity contribution in [2.75, 3.05) is 6.61 Å². The van der Waals surface area contributed by atoms with Gasteiger partial charge in [-0.05, 0) is 30.4 Å². The van der Waals surface area contributed by atoms with Gasteiger partial charge in [0.1, 0.15) is 23.7 Å². The van der Waals surface area contributed by atoms with E-state index in [2.05, 4.69) is 0 Å². The van der Waals surface area contributed by atoms with Gasteiger partial charge in [-0.2, -0.15) is 0 Å². The number of rotatable bonds is 7. The molecule has 2 aromatic rings. The molecule has 0 aromatic heterocycles. The Morgan fingerprint density at radius 2 is 1.87 bits per heavy atom. The number of aromatic carboxylic acids is 1. The molecule has 0 bridgehead atoms. The van der Waals surface area contributed by atoms with E-state index in [1.165, 1.54) is 18.9 Å². The fourth-order valence-electron chi connectivity index (χ4n) is 2.16. The van der Waals surface area contributed by atoms with E-state index >= 15 is 0 Å². The number of ether oxygens (including phenoxy) is 2. The minimum atomic E-state index is -1.08. The van der Waals surface area contributed by atoms with Crippen LogP contribution in [-0.4, -0.2) is 17.7 Å². The van der Waals surface area contributed by atoms with Crippen molar-refractivity contribution in [3.05, 3.63) is 58.6 Å². The van der Waals surface area contributed by atoms with Gasteiger partial charge >= 0.3 is 5.97 Å². The van der Waals surface area contributed by atoms with Crippen molar-refractivity contribution in [1.82, 2.24) is 0 Å². The molecule has 0 amide bonds. The molecule has 3 rings (SSSR count). The van der Waals surface area contributed by atoms with Gasteiger partial charge in [0.15, 0.2) is 0 Å². The number of halogens is 1. The van der Waals surface area contributed by atoms with Gasteiger partial charge in [-0.1, -0.05) is 41.9 Å². The summed E-state index contributed by atoms with van der Waals surface area (Å²) in [5.41, 5.74) is 0.990. The summed E-state index contributed by atoms with van der Waals surface area (Å²) in [5, 5.41) is 9.61. The van der Waals surface area contributed by atoms with Gasteiger partial charge in [0.05, 0.1) is 11.6 Å². The van der Waals surface area contributed by atoms with Crippen LogP contribution in [-0.2, 0) is 6.61 Å². The van der Waals surface area contributed by atoms with E-state index in [0.29, 0.717) is 18.3 Å². The molecular formula is C18H17ClO4. The summed E-state index contributed by atoms with van der Waals surface area (Å²) in [6.07, 6.45) is 2.34. The number of hydrogen-bond acceptors (Lipinski definition) is 3. The maximum atomic E-state index is 11.4. The van der Waals surface area contributed by atoms with Gasteiger partial charge in [0.25, 0.3) is 0 Å². The van der Waals surface area contributed by atoms with Gasteiger partial charge in [-0.15, -0.1) is 0 Å². The minimum absolute atomic E-state index is 0.0321. The van der Waals surface area contributed by atoms with Gasteiger partial charge < -0.3 is 14.6 Å². The second-order valence-corrected chi connectivity index (χ2v) is 6.02. The van der Waals surface area contributed by atoms with Crippen molar-refractivity contribution >= 4 is 17.6 Å². The third-order valence-electron chi connectivity index (χ3n) is 3.67. The Bertz CT molecular complexity index is 696. The first kappa shape index (κ1) is 15.7. The molecule has 1 saturated carbocycles. The third-order valence-corrected chi connectivity index (χ3v) is 3.97. The Balaban J connectivity index is 1.79. The van der Waals surface area contributed by atoms with Crippen LogP contribution in [0.2, 0.25) is 5.02 Å². The number of carboxylic acids is 1. The van der Waals surface area contributed by atoms with Crippen molar-refractivity contribution in [2.45, 2.75) is 19.4 Å². The molecule has 5 heteroatoms. The summed E-state index contributed by atoms with van der Waals surface area (Å²) >= 11 is 6.12. The zero-order valence-corrected chi connectivity index (χ0v) is 13.3. The van der Waals surface area contributed by atoms with E-state index in [0.717, 1.165) is 5.56 Å². The minimum Gasteiger partial charge on any atom is -0.492 e. The average molecular weight is 333 g/mol. The molecule has 1 fully saturated rings. The van der Waals surface area contributed by atoms with Crippen LogP contribution >= 0.6 is 11.6 Å². The molecule has 0 heterocycles. The first-order valence-corrected chi connectivity index (χ1v) is 7.87. The fraction of sp³-hybridized carbons (Fsp3) is 0.278. The monoisotopic (exact) mass is 332 g/mol. The van der Waals surface area contributed by atoms with Crippen molar-refractivity contribution in [2.24, 2.45) is 5.92 Å². The van der Waals surface area contributed by atoms with Crippen LogP contribution in [0.5, 0.6) is 11.5 Å². The molecule has 4 nitrogen and oxygen atoms in total. The van der Waals surface area contributed by atoms with Crippen LogP contribution in [0.3, 0.4) is 0 Å². The number of carboxylic acid groups (broad SMARTS) is 1. The van der Waals surface area contributed by atoms with E-state index in [9.17, 15) is 9.90 Å². The standard InChI is InChI=1S/C18H17ClO4/c19-15-8-14(18(20)21)16(9-17(15)23-11-13-6-7-13)22-10-12-4-2-1-3-5-12/h1-5,8-9,13H,6-7,10-11H2,(H,20,21). The fourth-order valence-corrected chi connectivity index (χ4v) is 2.38. The van der Waals surface area contributed by atoms with Crippen LogP contribution in [0, 0.1) is 5.92 Å². The van der Waals surface area contributed by atoms with Gasteiger partial charge in [0, 0.05) is 6.07 Å². The molecule has 0 saturated heterocycles. The second-order valence-electron chi connectivity index (χ2n) is 5.61. The highest BCUT2D eigenvalue weighted by Crippen LogP contribution is 2.36. The van der Waals surface area contributed by atoms with E-state index in [4.69, 9.17) is 21.1 Å². The molecule has 23 heavy (non-hydrogen) atoms. The van der Waals surface area contributed by atoms with Crippen LogP contribution in [0.1, 0.15) is 28.8 Å². The lowest BCUT2D eigenvalue weighted by Gasteiger charge is -2.13. The molecule has 0 radical (unpaired) electrons. The average Bonchev–Trinajstić information content (AvgIpc) is 3.37. The predicted molar refractivity (Wildman–Crippen MR) is 87.4 cm³/mol. The molecule has 0 atom stereocenters. The normalized spacial score (nSPS) is 13.6. The molecule has 2 aromatic carbocycles. The van der Waals surface area contributed by atoms with E-state index in [1.54, 1.807) is 6.07 Å². The number of carbonyl (C=O) groups is 1. The van der Waals surface area contributed by atoms with Crippen LogP contribution in [0.15, 0.2) is 42.5 Å². The number of hydrogen-bond donors (Lipinski definition) is 1. The van der Waals surface area contributed by atoms with Crippen LogP contribution in [0.25, 0.3) is 0 Å². The second kappa shape index (κ2) is 6.92. The molecule has 0 unspecified atom stereocenters. The van der Waals surface area contributed by atoms with Crippen LogP contribution < -0.4 is 9.47 Å². The van der Waals surface area contributed by atoms with Crippen molar-refractivity contribution in [1.29, 1.82) is 0 Å². The number of benzene rings is 2. The SMILES string of the molecule is O=C(O)c1cc(Cl)c(OCC2CC2)cc1OCc1ccccc1. The quantitative estimate of drug-likeness (QED) is 0.816. The molecule has 0 aliphatic heterocycles. The highest BCUT2D eigenvalue weighted by molar-refractivity contribution is 6.32. The van der Waals surface area contributed by atoms with Gasteiger partial charge in [-0.3, -0.25) is 0 Å². The Kier molecular flexibility index (Phi) is 4.72. The van der Waals surface area contributed by atoms with Crippen molar-refractivity contribution in [3.63, 3.8) is 0 Å². The highest BCUT2D eigenvalue weighted by Gasteiger charge is 2.23. The first-order chi connectivity index (χ1) is 11.1. The maximum Gasteiger partial charge on any atom is 0.339 e. The lowest BCUT2D eigenvalue weighted by molar-refractivity contribution is 0.0691. The van der Waals surface area contributed by atoms with Crippen molar-refractivity contribution in [3.8, 4) is 11.5 Å². The molecule has 1 aliphatic rings. The van der Waals surface area contributed by atoms with Gasteiger partial charge in [0.2, 0.25) is 0 Å². The van der Waals surface area contributed by atoms with Gasteiger partial charge in [-0.25, -0.2) is 4.79 Å². The summed E-state index contributed by atoms with van der Waals surface area (Å²) in [6, 6.07) is 12.5. The lowest BCUT2D eigenvalue weighted by Crippen LogP contribution is -2.06. The Morgan fingerprint density at radius 3 is 2.52 bits per heavy atom. The molecule has 0 spiro atoms. The predicted octanol–water partition coefficient (Wildman–Crippen LogP) is 4.41. The van der Waals surface area contributed by atoms with E-state index in [-0.39, 0.29) is 22.9 Å². The summed E-state index contributed by atoms with van der Waals surface area (Å²) in [6.45, 7) is 0.884. The summed E-state index contributed by atoms with van der Waals surface area (Å²) in [4.78, 5) is 11.4. The van der Waals surface area contributed by atoms with E-state index in [1.807, 2.05) is 30.3 Å². The Labute approximate surface area is 139 Å².